The van der Waals surface area contributed by atoms with E-state index >= 15 is 0 Å². The highest BCUT2D eigenvalue weighted by Crippen LogP contribution is 2.11. The van der Waals surface area contributed by atoms with Crippen molar-refractivity contribution in [2.75, 3.05) is 6.54 Å². The molecule has 0 aromatic carbocycles. The van der Waals surface area contributed by atoms with E-state index in [2.05, 4.69) is 38.2 Å². The molecule has 0 saturated heterocycles. The van der Waals surface area contributed by atoms with E-state index in [9.17, 15) is 0 Å². The van der Waals surface area contributed by atoms with Gasteiger partial charge in [-0.15, -0.1) is 0 Å². The van der Waals surface area contributed by atoms with Gasteiger partial charge in [0.2, 0.25) is 0 Å². The monoisotopic (exact) mass is 201 g/mol. The summed E-state index contributed by atoms with van der Waals surface area (Å²) in [4.78, 5) is 0. The van der Waals surface area contributed by atoms with E-state index in [0.717, 1.165) is 13.0 Å². The van der Waals surface area contributed by atoms with Gasteiger partial charge in [-0.25, -0.2) is 0 Å². The highest BCUT2D eigenvalue weighted by Gasteiger charge is 2.14. The topological polar surface area (TPSA) is 70.6 Å². The smallest absolute Gasteiger partial charge is 0.140 e. The maximum absolute atomic E-state index is 8.44. The number of hydrogen-bond donors (Lipinski definition) is 3. The third kappa shape index (κ3) is 6.71. The quantitative estimate of drug-likeness (QED) is 0.273. The third-order valence-electron chi connectivity index (χ3n) is 2.00. The summed E-state index contributed by atoms with van der Waals surface area (Å²) < 4.78 is 0. The van der Waals surface area contributed by atoms with Crippen molar-refractivity contribution in [3.05, 3.63) is 0 Å². The standard InChI is InChI=1S/C10H23N3O/c1-5-8(6-9(11)13-14)12-7-10(2,3)4/h8,12,14H,5-7H2,1-4H3,(H2,11,13). The van der Waals surface area contributed by atoms with E-state index in [-0.39, 0.29) is 5.41 Å². The van der Waals surface area contributed by atoms with Crippen LogP contribution >= 0.6 is 0 Å². The van der Waals surface area contributed by atoms with Crippen LogP contribution < -0.4 is 11.1 Å². The number of hydrogen-bond acceptors (Lipinski definition) is 3. The summed E-state index contributed by atoms with van der Waals surface area (Å²) in [6, 6.07) is 0.296. The van der Waals surface area contributed by atoms with Crippen LogP contribution in [0.5, 0.6) is 0 Å². The normalized spacial score (nSPS) is 15.6. The van der Waals surface area contributed by atoms with Crippen LogP contribution in [0, 0.1) is 5.41 Å². The fraction of sp³-hybridized carbons (Fsp3) is 0.900. The summed E-state index contributed by atoms with van der Waals surface area (Å²) >= 11 is 0. The van der Waals surface area contributed by atoms with Gasteiger partial charge in [0, 0.05) is 19.0 Å². The van der Waals surface area contributed by atoms with Gasteiger partial charge in [0.15, 0.2) is 0 Å². The lowest BCUT2D eigenvalue weighted by Gasteiger charge is -2.23. The van der Waals surface area contributed by atoms with Crippen LogP contribution in [-0.4, -0.2) is 23.6 Å². The summed E-state index contributed by atoms with van der Waals surface area (Å²) in [5.41, 5.74) is 5.71. The minimum atomic E-state index is 0.262. The fourth-order valence-corrected chi connectivity index (χ4v) is 1.10. The molecule has 0 aliphatic carbocycles. The largest absolute Gasteiger partial charge is 0.409 e. The van der Waals surface area contributed by atoms with Gasteiger partial charge in [-0.1, -0.05) is 32.9 Å². The zero-order valence-corrected chi connectivity index (χ0v) is 9.67. The van der Waals surface area contributed by atoms with E-state index in [1.165, 1.54) is 0 Å². The fourth-order valence-electron chi connectivity index (χ4n) is 1.10. The zero-order valence-electron chi connectivity index (χ0n) is 9.67. The minimum absolute atomic E-state index is 0.262. The van der Waals surface area contributed by atoms with Gasteiger partial charge in [0.25, 0.3) is 0 Å². The molecule has 0 aliphatic rings. The van der Waals surface area contributed by atoms with Gasteiger partial charge < -0.3 is 16.3 Å². The molecule has 0 rings (SSSR count). The Labute approximate surface area is 86.6 Å². The molecule has 0 aromatic rings. The maximum Gasteiger partial charge on any atom is 0.140 e. The predicted molar refractivity (Wildman–Crippen MR) is 59.6 cm³/mol. The van der Waals surface area contributed by atoms with Crippen LogP contribution in [-0.2, 0) is 0 Å². The molecule has 0 aliphatic heterocycles. The summed E-state index contributed by atoms with van der Waals surface area (Å²) in [5.74, 6) is 0.290. The van der Waals surface area contributed by atoms with Crippen LogP contribution in [0.2, 0.25) is 0 Å². The Balaban J connectivity index is 3.92. The van der Waals surface area contributed by atoms with Crippen LogP contribution in [0.25, 0.3) is 0 Å². The highest BCUT2D eigenvalue weighted by atomic mass is 16.4. The van der Waals surface area contributed by atoms with Crippen molar-refractivity contribution in [2.24, 2.45) is 16.3 Å². The highest BCUT2D eigenvalue weighted by molar-refractivity contribution is 5.80. The Morgan fingerprint density at radius 1 is 1.50 bits per heavy atom. The Hall–Kier alpha value is -0.770. The molecule has 1 unspecified atom stereocenters. The number of nitrogens with one attached hydrogen (secondary N) is 1. The molecule has 4 heteroatoms. The molecule has 0 aromatic heterocycles. The number of nitrogens with two attached hydrogens (primary N) is 1. The third-order valence-corrected chi connectivity index (χ3v) is 2.00. The summed E-state index contributed by atoms with van der Waals surface area (Å²) in [5, 5.41) is 14.8. The molecule has 0 radical (unpaired) electrons. The maximum atomic E-state index is 8.44. The van der Waals surface area contributed by atoms with Crippen LogP contribution in [0.15, 0.2) is 5.16 Å². The average Bonchev–Trinajstić information content (AvgIpc) is 2.10. The van der Waals surface area contributed by atoms with Crippen molar-refractivity contribution in [3.63, 3.8) is 0 Å². The van der Waals surface area contributed by atoms with E-state index in [0.29, 0.717) is 18.3 Å². The number of oxime groups is 1. The van der Waals surface area contributed by atoms with Crippen molar-refractivity contribution in [2.45, 2.75) is 46.6 Å². The molecule has 0 bridgehead atoms. The second-order valence-corrected chi connectivity index (χ2v) is 4.84. The van der Waals surface area contributed by atoms with Crippen molar-refractivity contribution in [3.8, 4) is 0 Å². The molecule has 14 heavy (non-hydrogen) atoms. The SMILES string of the molecule is CCC(CC(N)=NO)NCC(C)(C)C. The first-order chi connectivity index (χ1) is 6.39. The first-order valence-corrected chi connectivity index (χ1v) is 5.09. The first kappa shape index (κ1) is 13.2. The van der Waals surface area contributed by atoms with Crippen LogP contribution in [0.4, 0.5) is 0 Å². The summed E-state index contributed by atoms with van der Waals surface area (Å²) in [7, 11) is 0. The molecular formula is C10H23N3O. The zero-order chi connectivity index (χ0) is 11.2. The van der Waals surface area contributed by atoms with Gasteiger partial charge >= 0.3 is 0 Å². The molecule has 4 nitrogen and oxygen atoms in total. The van der Waals surface area contributed by atoms with Crippen molar-refractivity contribution < 1.29 is 5.21 Å². The van der Waals surface area contributed by atoms with Crippen molar-refractivity contribution in [1.29, 1.82) is 0 Å². The van der Waals surface area contributed by atoms with Crippen LogP contribution in [0.1, 0.15) is 40.5 Å². The van der Waals surface area contributed by atoms with Gasteiger partial charge in [0.1, 0.15) is 5.84 Å². The Kier molecular flexibility index (Phi) is 5.53. The molecule has 0 spiro atoms. The number of amidine groups is 1. The lowest BCUT2D eigenvalue weighted by Crippen LogP contribution is -2.38. The van der Waals surface area contributed by atoms with E-state index in [1.54, 1.807) is 0 Å². The Bertz CT molecular complexity index is 184. The second kappa shape index (κ2) is 5.86. The molecule has 0 fully saturated rings. The Morgan fingerprint density at radius 2 is 2.07 bits per heavy atom. The average molecular weight is 201 g/mol. The lowest BCUT2D eigenvalue weighted by atomic mass is 9.96. The molecular weight excluding hydrogens is 178 g/mol. The molecule has 4 N–H and O–H groups in total. The molecule has 0 amide bonds. The molecule has 0 saturated carbocycles. The minimum Gasteiger partial charge on any atom is -0.409 e. The van der Waals surface area contributed by atoms with Crippen molar-refractivity contribution >= 4 is 5.84 Å². The summed E-state index contributed by atoms with van der Waals surface area (Å²) in [6.45, 7) is 9.55. The molecule has 0 heterocycles. The van der Waals surface area contributed by atoms with Gasteiger partial charge in [-0.05, 0) is 11.8 Å². The van der Waals surface area contributed by atoms with E-state index < -0.39 is 0 Å². The van der Waals surface area contributed by atoms with E-state index in [1.807, 2.05) is 0 Å². The van der Waals surface area contributed by atoms with Gasteiger partial charge in [0.05, 0.1) is 0 Å². The number of nitrogens with zero attached hydrogens (tertiary/aromatic N) is 1. The predicted octanol–water partition coefficient (Wildman–Crippen LogP) is 1.54. The second-order valence-electron chi connectivity index (χ2n) is 4.84. The van der Waals surface area contributed by atoms with Crippen LogP contribution in [0.3, 0.4) is 0 Å². The molecule has 84 valence electrons. The van der Waals surface area contributed by atoms with Crippen molar-refractivity contribution in [1.82, 2.24) is 5.32 Å². The van der Waals surface area contributed by atoms with Gasteiger partial charge in [-0.3, -0.25) is 0 Å². The first-order valence-electron chi connectivity index (χ1n) is 5.09. The van der Waals surface area contributed by atoms with E-state index in [4.69, 9.17) is 10.9 Å². The lowest BCUT2D eigenvalue weighted by molar-refractivity contribution is 0.313. The summed E-state index contributed by atoms with van der Waals surface area (Å²) in [6.07, 6.45) is 1.58. The molecule has 1 atom stereocenters. The number of rotatable bonds is 5. The van der Waals surface area contributed by atoms with Gasteiger partial charge in [-0.2, -0.15) is 0 Å². The Morgan fingerprint density at radius 3 is 2.43 bits per heavy atom.